The molecule has 3 aromatic heterocycles. The summed E-state index contributed by atoms with van der Waals surface area (Å²) in [5.74, 6) is 1.88. The van der Waals surface area contributed by atoms with E-state index < -0.39 is 0 Å². The zero-order valence-corrected chi connectivity index (χ0v) is 30.9. The van der Waals surface area contributed by atoms with E-state index in [1.165, 1.54) is 71.8 Å². The van der Waals surface area contributed by atoms with Crippen LogP contribution < -0.4 is 37.2 Å². The standard InChI is InChI=1S/C35H43N7.3ClH.V/c1-24-18-30-32(20-26(24)3)41(22-39-14-7-5-8-15-39)34(37-30)28-12-11-13-29(36-28)35-38-31-19-25(2)27(4)21-33(31)42(35)23-40-16-9-6-10-17-40;;;;/h11-13,18-21H,5-10,14-17,22-23H2,1-4H3;3*1H;/p-3. The van der Waals surface area contributed by atoms with E-state index in [1.807, 2.05) is 0 Å². The van der Waals surface area contributed by atoms with Gasteiger partial charge < -0.3 is 46.4 Å². The van der Waals surface area contributed by atoms with Gasteiger partial charge in [-0.2, -0.15) is 0 Å². The van der Waals surface area contributed by atoms with Crippen molar-refractivity contribution < 1.29 is 55.8 Å². The minimum atomic E-state index is 0. The Hall–Kier alpha value is -2.10. The first-order valence-corrected chi connectivity index (χ1v) is 15.8. The molecule has 0 spiro atoms. The number of pyridine rings is 1. The average Bonchev–Trinajstić information content (AvgIpc) is 3.52. The molecule has 7 rings (SSSR count). The van der Waals surface area contributed by atoms with Gasteiger partial charge in [0.25, 0.3) is 0 Å². The van der Waals surface area contributed by atoms with E-state index in [9.17, 15) is 0 Å². The summed E-state index contributed by atoms with van der Waals surface area (Å²) in [6, 6.07) is 15.4. The van der Waals surface area contributed by atoms with E-state index in [-0.39, 0.29) is 55.8 Å². The van der Waals surface area contributed by atoms with Crippen LogP contribution in [0.25, 0.3) is 45.1 Å². The normalized spacial score (nSPS) is 15.6. The third kappa shape index (κ3) is 7.62. The summed E-state index contributed by atoms with van der Waals surface area (Å²) in [4.78, 5) is 20.8. The molecule has 0 bridgehead atoms. The monoisotopic (exact) mass is 717 g/mol. The second-order valence-electron chi connectivity index (χ2n) is 12.6. The van der Waals surface area contributed by atoms with Crippen LogP contribution in [0.4, 0.5) is 0 Å². The van der Waals surface area contributed by atoms with Crippen LogP contribution in [0.2, 0.25) is 0 Å². The Bertz CT molecular complexity index is 1650. The third-order valence-corrected chi connectivity index (χ3v) is 9.51. The molecule has 2 saturated heterocycles. The van der Waals surface area contributed by atoms with E-state index in [0.717, 1.165) is 73.6 Å². The molecule has 11 heteroatoms. The van der Waals surface area contributed by atoms with Crippen molar-refractivity contribution in [2.24, 2.45) is 0 Å². The summed E-state index contributed by atoms with van der Waals surface area (Å²) < 4.78 is 4.78. The molecule has 0 aliphatic carbocycles. The molecular formula is C35H43Cl3N7V-3. The minimum Gasteiger partial charge on any atom is -1.00 e. The Morgan fingerprint density at radius 3 is 1.28 bits per heavy atom. The maximum Gasteiger partial charge on any atom is 0.160 e. The molecule has 0 saturated carbocycles. The fourth-order valence-corrected chi connectivity index (χ4v) is 6.72. The molecule has 0 N–H and O–H groups in total. The van der Waals surface area contributed by atoms with Crippen molar-refractivity contribution in [2.45, 2.75) is 79.6 Å². The minimum absolute atomic E-state index is 0. The van der Waals surface area contributed by atoms with Gasteiger partial charge in [-0.1, -0.05) is 18.9 Å². The van der Waals surface area contributed by atoms with Gasteiger partial charge in [-0.05, 0) is 138 Å². The maximum absolute atomic E-state index is 5.30. The first-order valence-electron chi connectivity index (χ1n) is 15.8. The second kappa shape index (κ2) is 16.3. The largest absolute Gasteiger partial charge is 1.00 e. The Morgan fingerprint density at radius 2 is 0.891 bits per heavy atom. The molecule has 247 valence electrons. The van der Waals surface area contributed by atoms with Crippen LogP contribution in [0, 0.1) is 27.7 Å². The van der Waals surface area contributed by atoms with E-state index in [1.54, 1.807) is 0 Å². The Kier molecular flexibility index (Phi) is 13.6. The molecular weight excluding hydrogens is 676 g/mol. The Labute approximate surface area is 303 Å². The number of aromatic nitrogens is 5. The molecule has 0 atom stereocenters. The van der Waals surface area contributed by atoms with E-state index in [4.69, 9.17) is 15.0 Å². The molecule has 0 unspecified atom stereocenters. The molecule has 7 nitrogen and oxygen atoms in total. The maximum atomic E-state index is 5.30. The van der Waals surface area contributed by atoms with Gasteiger partial charge in [0, 0.05) is 18.6 Å². The van der Waals surface area contributed by atoms with Crippen LogP contribution in [0.1, 0.15) is 60.8 Å². The van der Waals surface area contributed by atoms with Crippen LogP contribution in [0.5, 0.6) is 0 Å². The first-order chi connectivity index (χ1) is 20.4. The van der Waals surface area contributed by atoms with Crippen LogP contribution in [-0.4, -0.2) is 60.1 Å². The molecule has 2 aliphatic heterocycles. The SMILES string of the molecule is Cc1cc2nc(-c3cccc(-c4nc5cc(C)c(C)cc5n4CN4CCCCC4)n3)n(CN3CCCCC3)c2cc1C.[Cl-].[Cl-].[Cl-].[V]. The van der Waals surface area contributed by atoms with Crippen LogP contribution >= 0.6 is 0 Å². The summed E-state index contributed by atoms with van der Waals surface area (Å²) in [6.07, 6.45) is 7.71. The van der Waals surface area contributed by atoms with E-state index >= 15 is 0 Å². The van der Waals surface area contributed by atoms with Crippen LogP contribution in [0.3, 0.4) is 0 Å². The summed E-state index contributed by atoms with van der Waals surface area (Å²) in [5, 5.41) is 0. The van der Waals surface area contributed by atoms with E-state index in [2.05, 4.69) is 89.1 Å². The number of halogens is 3. The van der Waals surface area contributed by atoms with Crippen molar-refractivity contribution in [3.63, 3.8) is 0 Å². The number of fused-ring (bicyclic) bond motifs is 2. The summed E-state index contributed by atoms with van der Waals surface area (Å²) in [7, 11) is 0. The first kappa shape index (κ1) is 38.4. The quantitative estimate of drug-likeness (QED) is 0.209. The molecule has 2 aliphatic rings. The zero-order chi connectivity index (χ0) is 28.8. The molecule has 2 aromatic carbocycles. The molecule has 1 radical (unpaired) electrons. The van der Waals surface area contributed by atoms with Gasteiger partial charge in [-0.3, -0.25) is 9.80 Å². The molecule has 5 aromatic rings. The van der Waals surface area contributed by atoms with Gasteiger partial charge in [0.2, 0.25) is 0 Å². The zero-order valence-electron chi connectivity index (χ0n) is 27.2. The Balaban J connectivity index is 0.00000144. The Morgan fingerprint density at radius 1 is 0.522 bits per heavy atom. The van der Waals surface area contributed by atoms with E-state index in [0.29, 0.717) is 0 Å². The summed E-state index contributed by atoms with van der Waals surface area (Å²) >= 11 is 0. The van der Waals surface area contributed by atoms with Gasteiger partial charge >= 0.3 is 0 Å². The van der Waals surface area contributed by atoms with Crippen molar-refractivity contribution in [1.82, 2.24) is 33.9 Å². The number of benzene rings is 2. The smallest absolute Gasteiger partial charge is 0.160 e. The van der Waals surface area contributed by atoms with Crippen LogP contribution in [0.15, 0.2) is 42.5 Å². The second-order valence-corrected chi connectivity index (χ2v) is 12.6. The third-order valence-electron chi connectivity index (χ3n) is 9.51. The number of piperidine rings is 2. The van der Waals surface area contributed by atoms with Crippen molar-refractivity contribution in [1.29, 1.82) is 0 Å². The molecule has 0 amide bonds. The summed E-state index contributed by atoms with van der Waals surface area (Å²) in [5.41, 5.74) is 11.4. The van der Waals surface area contributed by atoms with Crippen LogP contribution in [-0.2, 0) is 31.9 Å². The predicted octanol–water partition coefficient (Wildman–Crippen LogP) is -1.76. The van der Waals surface area contributed by atoms with Crippen molar-refractivity contribution in [2.75, 3.05) is 26.2 Å². The number of imidazole rings is 2. The summed E-state index contributed by atoms with van der Waals surface area (Å²) in [6.45, 7) is 15.0. The molecule has 46 heavy (non-hydrogen) atoms. The van der Waals surface area contributed by atoms with Gasteiger partial charge in [-0.15, -0.1) is 0 Å². The number of hydrogen-bond acceptors (Lipinski definition) is 5. The fraction of sp³-hybridized carbons (Fsp3) is 0.457. The number of nitrogens with zero attached hydrogens (tertiary/aromatic N) is 7. The van der Waals surface area contributed by atoms with Gasteiger partial charge in [0.15, 0.2) is 11.6 Å². The van der Waals surface area contributed by atoms with Crippen molar-refractivity contribution >= 4 is 22.1 Å². The van der Waals surface area contributed by atoms with Gasteiger partial charge in [0.1, 0.15) is 11.4 Å². The number of rotatable bonds is 6. The molecule has 2 fully saturated rings. The average molecular weight is 719 g/mol. The predicted molar refractivity (Wildman–Crippen MR) is 171 cm³/mol. The van der Waals surface area contributed by atoms with Gasteiger partial charge in [-0.25, -0.2) is 15.0 Å². The van der Waals surface area contributed by atoms with Crippen molar-refractivity contribution in [3.05, 3.63) is 64.7 Å². The number of hydrogen-bond donors (Lipinski definition) is 0. The topological polar surface area (TPSA) is 55.0 Å². The number of likely N-dealkylation sites (tertiary alicyclic amines) is 2. The molecule has 5 heterocycles. The van der Waals surface area contributed by atoms with Gasteiger partial charge in [0.05, 0.1) is 35.4 Å². The number of aryl methyl sites for hydroxylation is 4. The fourth-order valence-electron chi connectivity index (χ4n) is 6.72. The van der Waals surface area contributed by atoms with Crippen molar-refractivity contribution in [3.8, 4) is 23.0 Å².